The molecule has 23 heavy (non-hydrogen) atoms. The maximum absolute atomic E-state index is 12.7. The van der Waals surface area contributed by atoms with E-state index in [4.69, 9.17) is 9.84 Å². The van der Waals surface area contributed by atoms with Crippen molar-refractivity contribution >= 4 is 17.1 Å². The van der Waals surface area contributed by atoms with Gasteiger partial charge in [0.05, 0.1) is 24.2 Å². The molecule has 0 atom stereocenters. The predicted molar refractivity (Wildman–Crippen MR) is 86.9 cm³/mol. The van der Waals surface area contributed by atoms with E-state index < -0.39 is 5.97 Å². The van der Waals surface area contributed by atoms with Crippen molar-refractivity contribution in [3.8, 4) is 0 Å². The number of aromatic carboxylic acids is 1. The molecule has 0 bridgehead atoms. The minimum atomic E-state index is -1.06. The molecule has 7 heteroatoms. The van der Waals surface area contributed by atoms with Crippen LogP contribution in [-0.2, 0) is 17.8 Å². The highest BCUT2D eigenvalue weighted by Crippen LogP contribution is 2.14. The Bertz CT molecular complexity index is 746. The van der Waals surface area contributed by atoms with E-state index in [0.717, 1.165) is 6.42 Å². The minimum Gasteiger partial charge on any atom is -0.478 e. The molecule has 0 fully saturated rings. The van der Waals surface area contributed by atoms with Gasteiger partial charge in [0.25, 0.3) is 0 Å². The number of fused-ring (bicyclic) bond motifs is 1. The second-order valence-corrected chi connectivity index (χ2v) is 5.84. The Hall–Kier alpha value is -2.15. The van der Waals surface area contributed by atoms with E-state index in [1.807, 2.05) is 6.92 Å². The highest BCUT2D eigenvalue weighted by atomic mass is 16.5. The molecule has 126 valence electrons. The van der Waals surface area contributed by atoms with Gasteiger partial charge in [-0.3, -0.25) is 9.13 Å². The number of pyridine rings is 1. The fraction of sp³-hybridized carbons (Fsp3) is 0.562. The molecule has 0 spiro atoms. The zero-order valence-corrected chi connectivity index (χ0v) is 13.8. The molecule has 0 amide bonds. The van der Waals surface area contributed by atoms with Gasteiger partial charge in [0.1, 0.15) is 0 Å². The smallest absolute Gasteiger partial charge is 0.337 e. The number of imidazole rings is 1. The summed E-state index contributed by atoms with van der Waals surface area (Å²) in [6.07, 6.45) is 2.15. The summed E-state index contributed by atoms with van der Waals surface area (Å²) < 4.78 is 8.49. The fourth-order valence-electron chi connectivity index (χ4n) is 2.41. The first kappa shape index (κ1) is 17.2. The van der Waals surface area contributed by atoms with Crippen LogP contribution in [0.4, 0.5) is 0 Å². The lowest BCUT2D eigenvalue weighted by atomic mass is 10.1. The third-order valence-electron chi connectivity index (χ3n) is 3.70. The lowest BCUT2D eigenvalue weighted by molar-refractivity contribution is 0.0696. The number of rotatable bonds is 8. The van der Waals surface area contributed by atoms with Gasteiger partial charge in [0.2, 0.25) is 0 Å². The van der Waals surface area contributed by atoms with Gasteiger partial charge in [-0.2, -0.15) is 0 Å². The molecule has 0 saturated carbocycles. The molecule has 0 aliphatic carbocycles. The van der Waals surface area contributed by atoms with E-state index in [2.05, 4.69) is 18.8 Å². The number of nitrogens with zero attached hydrogens (tertiary/aromatic N) is 3. The Balaban J connectivity index is 2.50. The Morgan fingerprint density at radius 3 is 2.70 bits per heavy atom. The van der Waals surface area contributed by atoms with E-state index in [-0.39, 0.29) is 11.3 Å². The summed E-state index contributed by atoms with van der Waals surface area (Å²) >= 11 is 0. The van der Waals surface area contributed by atoms with Crippen LogP contribution in [-0.4, -0.2) is 38.4 Å². The van der Waals surface area contributed by atoms with Gasteiger partial charge in [-0.05, 0) is 25.3 Å². The Morgan fingerprint density at radius 1 is 1.35 bits per heavy atom. The maximum Gasteiger partial charge on any atom is 0.337 e. The van der Waals surface area contributed by atoms with Crippen LogP contribution >= 0.6 is 0 Å². The van der Waals surface area contributed by atoms with Crippen molar-refractivity contribution in [1.29, 1.82) is 0 Å². The summed E-state index contributed by atoms with van der Waals surface area (Å²) in [6, 6.07) is 1.50. The van der Waals surface area contributed by atoms with Crippen LogP contribution in [0, 0.1) is 5.92 Å². The molecule has 0 aliphatic heterocycles. The van der Waals surface area contributed by atoms with Gasteiger partial charge in [-0.25, -0.2) is 14.6 Å². The molecular weight excluding hydrogens is 298 g/mol. The molecule has 2 rings (SSSR count). The lowest BCUT2D eigenvalue weighted by Crippen LogP contribution is -2.26. The van der Waals surface area contributed by atoms with Crippen molar-refractivity contribution in [3.05, 3.63) is 28.3 Å². The van der Waals surface area contributed by atoms with Crippen LogP contribution < -0.4 is 5.69 Å². The van der Waals surface area contributed by atoms with Crippen molar-refractivity contribution < 1.29 is 14.6 Å². The van der Waals surface area contributed by atoms with Gasteiger partial charge in [-0.15, -0.1) is 0 Å². The van der Waals surface area contributed by atoms with Crippen LogP contribution in [0.3, 0.4) is 0 Å². The average molecular weight is 321 g/mol. The number of hydrogen-bond acceptors (Lipinski definition) is 4. The number of carboxylic acids is 1. The predicted octanol–water partition coefficient (Wildman–Crippen LogP) is 1.98. The summed E-state index contributed by atoms with van der Waals surface area (Å²) in [4.78, 5) is 28.0. The second kappa shape index (κ2) is 7.41. The SMILES string of the molecule is CCOCCn1c(=O)n(CCC(C)C)c2ncc(C(=O)O)cc21. The molecule has 2 aromatic rings. The summed E-state index contributed by atoms with van der Waals surface area (Å²) in [5.74, 6) is -0.597. The van der Waals surface area contributed by atoms with Crippen molar-refractivity contribution in [1.82, 2.24) is 14.1 Å². The number of hydrogen-bond donors (Lipinski definition) is 1. The first-order chi connectivity index (χ1) is 11.0. The van der Waals surface area contributed by atoms with Crippen LogP contribution in [0.1, 0.15) is 37.6 Å². The van der Waals surface area contributed by atoms with Crippen LogP contribution in [0.5, 0.6) is 0 Å². The quantitative estimate of drug-likeness (QED) is 0.751. The van der Waals surface area contributed by atoms with Crippen molar-refractivity contribution in [2.75, 3.05) is 13.2 Å². The third kappa shape index (κ3) is 3.79. The largest absolute Gasteiger partial charge is 0.478 e. The normalized spacial score (nSPS) is 11.5. The van der Waals surface area contributed by atoms with E-state index in [9.17, 15) is 9.59 Å². The summed E-state index contributed by atoms with van der Waals surface area (Å²) in [6.45, 7) is 7.98. The Kier molecular flexibility index (Phi) is 5.54. The van der Waals surface area contributed by atoms with Gasteiger partial charge in [0, 0.05) is 19.3 Å². The van der Waals surface area contributed by atoms with Gasteiger partial charge < -0.3 is 9.84 Å². The van der Waals surface area contributed by atoms with Crippen molar-refractivity contribution in [2.24, 2.45) is 5.92 Å². The Morgan fingerprint density at radius 2 is 2.09 bits per heavy atom. The van der Waals surface area contributed by atoms with E-state index >= 15 is 0 Å². The Labute approximate surface area is 134 Å². The van der Waals surface area contributed by atoms with Gasteiger partial charge >= 0.3 is 11.7 Å². The zero-order chi connectivity index (χ0) is 17.0. The molecule has 0 aliphatic rings. The number of aryl methyl sites for hydroxylation is 1. The van der Waals surface area contributed by atoms with E-state index in [1.165, 1.54) is 12.3 Å². The van der Waals surface area contributed by atoms with Gasteiger partial charge in [0.15, 0.2) is 5.65 Å². The van der Waals surface area contributed by atoms with Crippen molar-refractivity contribution in [2.45, 2.75) is 40.3 Å². The maximum atomic E-state index is 12.7. The van der Waals surface area contributed by atoms with E-state index in [0.29, 0.717) is 43.4 Å². The fourth-order valence-corrected chi connectivity index (χ4v) is 2.41. The highest BCUT2D eigenvalue weighted by Gasteiger charge is 2.16. The van der Waals surface area contributed by atoms with Gasteiger partial charge in [-0.1, -0.05) is 13.8 Å². The highest BCUT2D eigenvalue weighted by molar-refractivity contribution is 5.90. The number of carboxylic acid groups (broad SMARTS) is 1. The van der Waals surface area contributed by atoms with Crippen LogP contribution in [0.25, 0.3) is 11.2 Å². The first-order valence-electron chi connectivity index (χ1n) is 7.85. The number of ether oxygens (including phenoxy) is 1. The molecule has 1 N–H and O–H groups in total. The molecule has 7 nitrogen and oxygen atoms in total. The number of aromatic nitrogens is 3. The standard InChI is InChI=1S/C16H23N3O4/c1-4-23-8-7-18-13-9-12(15(20)21)10-17-14(13)19(16(18)22)6-5-11(2)3/h9-11H,4-8H2,1-3H3,(H,20,21). The summed E-state index contributed by atoms with van der Waals surface area (Å²) in [5, 5.41) is 9.14. The molecule has 2 heterocycles. The molecule has 0 aromatic carbocycles. The summed E-state index contributed by atoms with van der Waals surface area (Å²) in [7, 11) is 0. The monoisotopic (exact) mass is 321 g/mol. The zero-order valence-electron chi connectivity index (χ0n) is 13.8. The molecular formula is C16H23N3O4. The molecule has 0 unspecified atom stereocenters. The molecule has 0 radical (unpaired) electrons. The van der Waals surface area contributed by atoms with Crippen LogP contribution in [0.2, 0.25) is 0 Å². The van der Waals surface area contributed by atoms with Crippen LogP contribution in [0.15, 0.2) is 17.1 Å². The molecule has 2 aromatic heterocycles. The second-order valence-electron chi connectivity index (χ2n) is 5.84. The summed E-state index contributed by atoms with van der Waals surface area (Å²) in [5.41, 5.74) is 0.967. The topological polar surface area (TPSA) is 86.4 Å². The first-order valence-corrected chi connectivity index (χ1v) is 7.85. The molecule has 0 saturated heterocycles. The van der Waals surface area contributed by atoms with Crippen molar-refractivity contribution in [3.63, 3.8) is 0 Å². The number of carbonyl (C=O) groups is 1. The lowest BCUT2D eigenvalue weighted by Gasteiger charge is -2.05. The average Bonchev–Trinajstić information content (AvgIpc) is 2.77. The van der Waals surface area contributed by atoms with E-state index in [1.54, 1.807) is 9.13 Å². The minimum absolute atomic E-state index is 0.0728. The third-order valence-corrected chi connectivity index (χ3v) is 3.70.